The van der Waals surface area contributed by atoms with E-state index in [0.29, 0.717) is 23.9 Å². The van der Waals surface area contributed by atoms with Crippen molar-refractivity contribution >= 4 is 0 Å². The van der Waals surface area contributed by atoms with Crippen molar-refractivity contribution in [2.24, 2.45) is 5.92 Å². The fourth-order valence-electron chi connectivity index (χ4n) is 1.80. The summed E-state index contributed by atoms with van der Waals surface area (Å²) in [5, 5.41) is 3.29. The lowest BCUT2D eigenvalue weighted by Gasteiger charge is -2.09. The van der Waals surface area contributed by atoms with Gasteiger partial charge >= 0.3 is 0 Å². The van der Waals surface area contributed by atoms with E-state index >= 15 is 0 Å². The van der Waals surface area contributed by atoms with E-state index in [1.165, 1.54) is 12.3 Å². The van der Waals surface area contributed by atoms with Crippen LogP contribution in [0, 0.1) is 11.7 Å². The molecule has 0 atom stereocenters. The van der Waals surface area contributed by atoms with E-state index in [0.717, 1.165) is 12.2 Å². The molecule has 0 saturated carbocycles. The van der Waals surface area contributed by atoms with Gasteiger partial charge in [-0.25, -0.2) is 9.37 Å². The molecule has 0 unspecified atom stereocenters. The zero-order valence-electron chi connectivity index (χ0n) is 12.3. The molecule has 1 aromatic carbocycles. The van der Waals surface area contributed by atoms with Crippen molar-refractivity contribution in [3.8, 4) is 5.88 Å². The average molecular weight is 289 g/mol. The fraction of sp³-hybridized carbons (Fsp3) is 0.375. The smallest absolute Gasteiger partial charge is 0.232 e. The standard InChI is InChI=1S/C16H20FN3O/c1-12(2)7-18-8-14-9-19-10-16(20-14)21-11-13-5-3-4-6-15(13)17/h3-6,9-10,12,18H,7-8,11H2,1-2H3. The summed E-state index contributed by atoms with van der Waals surface area (Å²) in [4.78, 5) is 8.44. The van der Waals surface area contributed by atoms with Gasteiger partial charge < -0.3 is 10.1 Å². The molecule has 2 aromatic rings. The third kappa shape index (κ3) is 5.11. The quantitative estimate of drug-likeness (QED) is 0.851. The summed E-state index contributed by atoms with van der Waals surface area (Å²) in [7, 11) is 0. The van der Waals surface area contributed by atoms with Crippen LogP contribution in [0.15, 0.2) is 36.7 Å². The van der Waals surface area contributed by atoms with E-state index < -0.39 is 0 Å². The topological polar surface area (TPSA) is 47.0 Å². The molecule has 21 heavy (non-hydrogen) atoms. The van der Waals surface area contributed by atoms with Crippen molar-refractivity contribution < 1.29 is 9.13 Å². The van der Waals surface area contributed by atoms with E-state index in [4.69, 9.17) is 4.74 Å². The van der Waals surface area contributed by atoms with Gasteiger partial charge in [-0.15, -0.1) is 0 Å². The maximum atomic E-state index is 13.5. The summed E-state index contributed by atoms with van der Waals surface area (Å²) in [5.41, 5.74) is 1.31. The Labute approximate surface area is 124 Å². The lowest BCUT2D eigenvalue weighted by molar-refractivity contribution is 0.285. The Hall–Kier alpha value is -2.01. The van der Waals surface area contributed by atoms with Gasteiger partial charge in [0.25, 0.3) is 0 Å². The van der Waals surface area contributed by atoms with Crippen LogP contribution in [0.1, 0.15) is 25.1 Å². The van der Waals surface area contributed by atoms with Crippen molar-refractivity contribution in [2.45, 2.75) is 27.0 Å². The van der Waals surface area contributed by atoms with Crippen molar-refractivity contribution in [3.05, 3.63) is 53.7 Å². The molecular formula is C16H20FN3O. The third-order valence-corrected chi connectivity index (χ3v) is 2.85. The van der Waals surface area contributed by atoms with Crippen LogP contribution < -0.4 is 10.1 Å². The zero-order chi connectivity index (χ0) is 15.1. The van der Waals surface area contributed by atoms with Crippen LogP contribution in [0.4, 0.5) is 4.39 Å². The molecular weight excluding hydrogens is 269 g/mol. The molecule has 0 bridgehead atoms. The minimum atomic E-state index is -0.278. The second-order valence-electron chi connectivity index (χ2n) is 5.25. The number of hydrogen-bond donors (Lipinski definition) is 1. The van der Waals surface area contributed by atoms with E-state index in [9.17, 15) is 4.39 Å². The van der Waals surface area contributed by atoms with Crippen molar-refractivity contribution in [3.63, 3.8) is 0 Å². The molecule has 1 heterocycles. The Morgan fingerprint density at radius 1 is 1.24 bits per heavy atom. The third-order valence-electron chi connectivity index (χ3n) is 2.85. The molecule has 0 aliphatic rings. The van der Waals surface area contributed by atoms with Crippen LogP contribution in [-0.2, 0) is 13.2 Å². The molecule has 1 N–H and O–H groups in total. The minimum Gasteiger partial charge on any atom is -0.472 e. The van der Waals surface area contributed by atoms with Crippen LogP contribution in [0.25, 0.3) is 0 Å². The lowest BCUT2D eigenvalue weighted by atomic mass is 10.2. The fourth-order valence-corrected chi connectivity index (χ4v) is 1.80. The maximum Gasteiger partial charge on any atom is 0.232 e. The normalized spacial score (nSPS) is 10.9. The van der Waals surface area contributed by atoms with Crippen molar-refractivity contribution in [1.82, 2.24) is 15.3 Å². The molecule has 5 heteroatoms. The van der Waals surface area contributed by atoms with Crippen molar-refractivity contribution in [1.29, 1.82) is 0 Å². The summed E-state index contributed by atoms with van der Waals surface area (Å²) >= 11 is 0. The first-order valence-corrected chi connectivity index (χ1v) is 7.03. The van der Waals surface area contributed by atoms with Gasteiger partial charge in [0.1, 0.15) is 12.4 Å². The Bertz CT molecular complexity index is 575. The summed E-state index contributed by atoms with van der Waals surface area (Å²) in [6.07, 6.45) is 3.23. The van der Waals surface area contributed by atoms with Gasteiger partial charge in [0.2, 0.25) is 5.88 Å². The second kappa shape index (κ2) is 7.69. The number of nitrogens with zero attached hydrogens (tertiary/aromatic N) is 2. The molecule has 0 spiro atoms. The Balaban J connectivity index is 1.90. The number of ether oxygens (including phenoxy) is 1. The zero-order valence-corrected chi connectivity index (χ0v) is 12.3. The summed E-state index contributed by atoms with van der Waals surface area (Å²) in [6, 6.07) is 6.53. The lowest BCUT2D eigenvalue weighted by Crippen LogP contribution is -2.19. The van der Waals surface area contributed by atoms with Gasteiger partial charge in [-0.1, -0.05) is 32.0 Å². The molecule has 2 rings (SSSR count). The van der Waals surface area contributed by atoms with E-state index in [-0.39, 0.29) is 12.4 Å². The number of nitrogens with one attached hydrogen (secondary N) is 1. The summed E-state index contributed by atoms with van der Waals surface area (Å²) < 4.78 is 19.0. The first kappa shape index (κ1) is 15.4. The van der Waals surface area contributed by atoms with Crippen LogP contribution in [0.5, 0.6) is 5.88 Å². The Kier molecular flexibility index (Phi) is 5.63. The minimum absolute atomic E-state index is 0.143. The number of aromatic nitrogens is 2. The van der Waals surface area contributed by atoms with Gasteiger partial charge in [0.05, 0.1) is 11.9 Å². The average Bonchev–Trinajstić information content (AvgIpc) is 2.46. The van der Waals surface area contributed by atoms with Crippen LogP contribution in [0.3, 0.4) is 0 Å². The molecule has 1 aromatic heterocycles. The number of rotatable bonds is 7. The SMILES string of the molecule is CC(C)CNCc1cncc(OCc2ccccc2F)n1. The molecule has 0 aliphatic heterocycles. The molecule has 0 aliphatic carbocycles. The van der Waals surface area contributed by atoms with Gasteiger partial charge in [-0.2, -0.15) is 0 Å². The summed E-state index contributed by atoms with van der Waals surface area (Å²) in [6.45, 7) is 5.99. The first-order chi connectivity index (χ1) is 10.1. The van der Waals surface area contributed by atoms with Gasteiger partial charge in [0.15, 0.2) is 0 Å². The van der Waals surface area contributed by atoms with E-state index in [1.54, 1.807) is 24.4 Å². The van der Waals surface area contributed by atoms with E-state index in [1.807, 2.05) is 0 Å². The Morgan fingerprint density at radius 2 is 2.05 bits per heavy atom. The largest absolute Gasteiger partial charge is 0.472 e. The van der Waals surface area contributed by atoms with E-state index in [2.05, 4.69) is 29.1 Å². The predicted octanol–water partition coefficient (Wildman–Crippen LogP) is 2.94. The molecule has 0 amide bonds. The molecule has 112 valence electrons. The highest BCUT2D eigenvalue weighted by Gasteiger charge is 2.04. The van der Waals surface area contributed by atoms with Gasteiger partial charge in [-0.3, -0.25) is 4.98 Å². The molecule has 0 saturated heterocycles. The highest BCUT2D eigenvalue weighted by Crippen LogP contribution is 2.11. The monoisotopic (exact) mass is 289 g/mol. The second-order valence-corrected chi connectivity index (χ2v) is 5.25. The molecule has 0 radical (unpaired) electrons. The number of halogens is 1. The predicted molar refractivity (Wildman–Crippen MR) is 79.3 cm³/mol. The Morgan fingerprint density at radius 3 is 2.81 bits per heavy atom. The number of benzene rings is 1. The molecule has 0 fully saturated rings. The van der Waals surface area contributed by atoms with Gasteiger partial charge in [0, 0.05) is 18.3 Å². The summed E-state index contributed by atoms with van der Waals surface area (Å²) in [5.74, 6) is 0.709. The molecule has 4 nitrogen and oxygen atoms in total. The number of hydrogen-bond acceptors (Lipinski definition) is 4. The van der Waals surface area contributed by atoms with Crippen LogP contribution in [0.2, 0.25) is 0 Å². The highest BCUT2D eigenvalue weighted by molar-refractivity contribution is 5.17. The maximum absolute atomic E-state index is 13.5. The van der Waals surface area contributed by atoms with Crippen LogP contribution in [-0.4, -0.2) is 16.5 Å². The van der Waals surface area contributed by atoms with Crippen LogP contribution >= 0.6 is 0 Å². The highest BCUT2D eigenvalue weighted by atomic mass is 19.1. The van der Waals surface area contributed by atoms with Crippen molar-refractivity contribution in [2.75, 3.05) is 6.54 Å². The first-order valence-electron chi connectivity index (χ1n) is 7.03. The van der Waals surface area contributed by atoms with Gasteiger partial charge in [-0.05, 0) is 18.5 Å².